The van der Waals surface area contributed by atoms with E-state index in [0.29, 0.717) is 17.9 Å². The van der Waals surface area contributed by atoms with Crippen molar-refractivity contribution in [2.75, 3.05) is 45.9 Å². The molecule has 4 nitrogen and oxygen atoms in total. The highest BCUT2D eigenvalue weighted by Crippen LogP contribution is 2.33. The first-order valence-corrected chi connectivity index (χ1v) is 11.8. The zero-order chi connectivity index (χ0) is 19.9. The van der Waals surface area contributed by atoms with Gasteiger partial charge < -0.3 is 20.6 Å². The summed E-state index contributed by atoms with van der Waals surface area (Å²) in [7, 11) is 0. The number of hydrogen-bond acceptors (Lipinski definition) is 4. The van der Waals surface area contributed by atoms with E-state index in [9.17, 15) is 5.11 Å². The number of nitrogens with zero attached hydrogens (tertiary/aromatic N) is 1. The summed E-state index contributed by atoms with van der Waals surface area (Å²) in [4.78, 5) is 2.67. The molecule has 5 heteroatoms. The zero-order valence-corrected chi connectivity index (χ0v) is 18.5. The van der Waals surface area contributed by atoms with Gasteiger partial charge in [-0.2, -0.15) is 0 Å². The minimum absolute atomic E-state index is 0.174. The van der Waals surface area contributed by atoms with Gasteiger partial charge in [-0.1, -0.05) is 32.1 Å². The summed E-state index contributed by atoms with van der Waals surface area (Å²) in [6.07, 6.45) is 11.9. The van der Waals surface area contributed by atoms with E-state index >= 15 is 0 Å². The van der Waals surface area contributed by atoms with E-state index in [4.69, 9.17) is 11.6 Å². The minimum atomic E-state index is 0.174. The molecule has 3 N–H and O–H groups in total. The molecule has 28 heavy (non-hydrogen) atoms. The fraction of sp³-hybridized carbons (Fsp3) is 0.826. The summed E-state index contributed by atoms with van der Waals surface area (Å²) in [5.74, 6) is 2.70. The Morgan fingerprint density at radius 2 is 2.00 bits per heavy atom. The van der Waals surface area contributed by atoms with Gasteiger partial charge in [0.25, 0.3) is 0 Å². The van der Waals surface area contributed by atoms with E-state index < -0.39 is 0 Å². The maximum atomic E-state index is 9.37. The van der Waals surface area contributed by atoms with E-state index in [0.717, 1.165) is 50.0 Å². The van der Waals surface area contributed by atoms with Crippen LogP contribution in [-0.4, -0.2) is 67.3 Å². The third-order valence-electron chi connectivity index (χ3n) is 6.92. The van der Waals surface area contributed by atoms with Crippen LogP contribution in [0, 0.1) is 23.7 Å². The number of piperidine rings is 1. The Balaban J connectivity index is 1.43. The van der Waals surface area contributed by atoms with Crippen LogP contribution >= 0.6 is 11.6 Å². The number of hydrogen-bond donors (Lipinski definition) is 3. The SMILES string of the molecule is CC(C)[C@H](CN1CCC(C2C=CC(Cl)CC2)CC1)NCC1C=C(CO)CNC1. The molecule has 0 amide bonds. The number of likely N-dealkylation sites (tertiary alicyclic amines) is 1. The first-order chi connectivity index (χ1) is 13.5. The van der Waals surface area contributed by atoms with E-state index in [-0.39, 0.29) is 12.0 Å². The van der Waals surface area contributed by atoms with Gasteiger partial charge in [-0.05, 0) is 62.1 Å². The molecule has 0 saturated carbocycles. The van der Waals surface area contributed by atoms with Crippen molar-refractivity contribution in [3.63, 3.8) is 0 Å². The van der Waals surface area contributed by atoms with Crippen LogP contribution in [0.1, 0.15) is 39.5 Å². The lowest BCUT2D eigenvalue weighted by Crippen LogP contribution is -2.49. The second kappa shape index (κ2) is 11.1. The highest BCUT2D eigenvalue weighted by Gasteiger charge is 2.28. The monoisotopic (exact) mass is 409 g/mol. The van der Waals surface area contributed by atoms with Crippen molar-refractivity contribution >= 4 is 11.6 Å². The van der Waals surface area contributed by atoms with Gasteiger partial charge >= 0.3 is 0 Å². The van der Waals surface area contributed by atoms with E-state index in [1.165, 1.54) is 32.4 Å². The Kier molecular flexibility index (Phi) is 8.86. The van der Waals surface area contributed by atoms with Crippen molar-refractivity contribution in [1.82, 2.24) is 15.5 Å². The van der Waals surface area contributed by atoms with Crippen molar-refractivity contribution in [3.8, 4) is 0 Å². The molecular weight excluding hydrogens is 370 g/mol. The average molecular weight is 410 g/mol. The molecule has 0 spiro atoms. The summed E-state index contributed by atoms with van der Waals surface area (Å²) >= 11 is 6.21. The molecule has 2 heterocycles. The summed E-state index contributed by atoms with van der Waals surface area (Å²) in [6, 6.07) is 0.524. The van der Waals surface area contributed by atoms with Crippen LogP contribution in [0.5, 0.6) is 0 Å². The van der Waals surface area contributed by atoms with Crippen LogP contribution in [-0.2, 0) is 0 Å². The Morgan fingerprint density at radius 1 is 1.21 bits per heavy atom. The molecule has 1 fully saturated rings. The summed E-state index contributed by atoms with van der Waals surface area (Å²) in [5, 5.41) is 16.9. The summed E-state index contributed by atoms with van der Waals surface area (Å²) in [5.41, 5.74) is 1.12. The second-order valence-electron chi connectivity index (χ2n) is 9.41. The largest absolute Gasteiger partial charge is 0.392 e. The lowest BCUT2D eigenvalue weighted by molar-refractivity contribution is 0.134. The van der Waals surface area contributed by atoms with Crippen LogP contribution in [0.25, 0.3) is 0 Å². The molecule has 0 aromatic heterocycles. The second-order valence-corrected chi connectivity index (χ2v) is 9.97. The number of allylic oxidation sites excluding steroid dienone is 2. The molecule has 160 valence electrons. The lowest BCUT2D eigenvalue weighted by atomic mass is 9.79. The normalized spacial score (nSPS) is 31.2. The predicted molar refractivity (Wildman–Crippen MR) is 119 cm³/mol. The highest BCUT2D eigenvalue weighted by molar-refractivity contribution is 6.21. The Bertz CT molecular complexity index is 528. The standard InChI is InChI=1S/C23H40ClN3O/c1-17(2)23(26-14-18-11-19(16-28)13-25-12-18)15-27-9-7-21(8-10-27)20-3-5-22(24)6-4-20/h3,5,11,17-18,20-23,25-26,28H,4,6-10,12-16H2,1-2H3/t18?,20?,22?,23-/m0/s1. The smallest absolute Gasteiger partial charge is 0.0654 e. The third kappa shape index (κ3) is 6.56. The van der Waals surface area contributed by atoms with E-state index in [1.807, 2.05) is 0 Å². The van der Waals surface area contributed by atoms with Gasteiger partial charge in [0, 0.05) is 38.1 Å². The molecule has 0 radical (unpaired) electrons. The molecule has 1 aliphatic carbocycles. The molecule has 2 aliphatic heterocycles. The van der Waals surface area contributed by atoms with Gasteiger partial charge in [0.05, 0.1) is 12.0 Å². The first kappa shape index (κ1) is 22.3. The van der Waals surface area contributed by atoms with Crippen molar-refractivity contribution < 1.29 is 5.11 Å². The number of rotatable bonds is 8. The number of alkyl halides is 1. The number of nitrogens with one attached hydrogen (secondary N) is 2. The van der Waals surface area contributed by atoms with Gasteiger partial charge in [-0.3, -0.25) is 0 Å². The van der Waals surface area contributed by atoms with Gasteiger partial charge in [0.15, 0.2) is 0 Å². The third-order valence-corrected chi connectivity index (χ3v) is 7.28. The van der Waals surface area contributed by atoms with Gasteiger partial charge in [0.2, 0.25) is 0 Å². The molecule has 0 bridgehead atoms. The van der Waals surface area contributed by atoms with Gasteiger partial charge in [-0.25, -0.2) is 0 Å². The van der Waals surface area contributed by atoms with Crippen molar-refractivity contribution in [3.05, 3.63) is 23.8 Å². The number of aliphatic hydroxyl groups is 1. The molecule has 1 saturated heterocycles. The van der Waals surface area contributed by atoms with Crippen LogP contribution in [0.2, 0.25) is 0 Å². The zero-order valence-electron chi connectivity index (χ0n) is 17.7. The van der Waals surface area contributed by atoms with Crippen LogP contribution in [0.15, 0.2) is 23.8 Å². The molecule has 3 unspecified atom stereocenters. The molecule has 3 aliphatic rings. The quantitative estimate of drug-likeness (QED) is 0.426. The summed E-state index contributed by atoms with van der Waals surface area (Å²) < 4.78 is 0. The lowest BCUT2D eigenvalue weighted by Gasteiger charge is -2.39. The molecule has 3 rings (SSSR count). The predicted octanol–water partition coefficient (Wildman–Crippen LogP) is 3.02. The minimum Gasteiger partial charge on any atom is -0.392 e. The van der Waals surface area contributed by atoms with Crippen molar-refractivity contribution in [1.29, 1.82) is 0 Å². The molecule has 4 atom stereocenters. The van der Waals surface area contributed by atoms with Crippen molar-refractivity contribution in [2.24, 2.45) is 23.7 Å². The number of halogens is 1. The molecule has 0 aromatic carbocycles. The average Bonchev–Trinajstić information content (AvgIpc) is 2.72. The Labute approximate surface area is 176 Å². The van der Waals surface area contributed by atoms with Crippen LogP contribution < -0.4 is 10.6 Å². The fourth-order valence-electron chi connectivity index (χ4n) is 4.96. The van der Waals surface area contributed by atoms with Crippen LogP contribution in [0.4, 0.5) is 0 Å². The first-order valence-electron chi connectivity index (χ1n) is 11.3. The topological polar surface area (TPSA) is 47.5 Å². The van der Waals surface area contributed by atoms with E-state index in [2.05, 4.69) is 47.6 Å². The fourth-order valence-corrected chi connectivity index (χ4v) is 5.17. The maximum Gasteiger partial charge on any atom is 0.0654 e. The van der Waals surface area contributed by atoms with E-state index in [1.54, 1.807) is 0 Å². The van der Waals surface area contributed by atoms with Crippen LogP contribution in [0.3, 0.4) is 0 Å². The highest BCUT2D eigenvalue weighted by atomic mass is 35.5. The Morgan fingerprint density at radius 3 is 2.64 bits per heavy atom. The van der Waals surface area contributed by atoms with Gasteiger partial charge in [0.1, 0.15) is 0 Å². The van der Waals surface area contributed by atoms with Crippen molar-refractivity contribution in [2.45, 2.75) is 50.9 Å². The number of aliphatic hydroxyl groups excluding tert-OH is 1. The molecule has 0 aromatic rings. The molecular formula is C23H40ClN3O. The Hall–Kier alpha value is -0.390. The maximum absolute atomic E-state index is 9.37. The summed E-state index contributed by atoms with van der Waals surface area (Å²) in [6.45, 7) is 11.2. The van der Waals surface area contributed by atoms with Gasteiger partial charge in [-0.15, -0.1) is 11.6 Å².